The minimum absolute atomic E-state index is 0.327. The molecule has 2 nitrogen and oxygen atoms in total. The molecule has 0 spiro atoms. The van der Waals surface area contributed by atoms with Gasteiger partial charge in [-0.25, -0.2) is 17.6 Å². The maximum Gasteiger partial charge on any atom is 0.165 e. The Balaban J connectivity index is 1.88. The first kappa shape index (κ1) is 26.2. The fraction of sp³-hybridized carbons (Fsp3) is 0.704. The Kier molecular flexibility index (Phi) is 8.00. The zero-order valence-electron chi connectivity index (χ0n) is 20.9. The molecule has 2 aliphatic rings. The van der Waals surface area contributed by atoms with E-state index in [1.165, 1.54) is 0 Å². The van der Waals surface area contributed by atoms with E-state index in [-0.39, 0.29) is 0 Å². The number of allylic oxidation sites excluding steroid dienone is 2. The minimum Gasteiger partial charge on any atom is -0.301 e. The summed E-state index contributed by atoms with van der Waals surface area (Å²) >= 11 is 0. The van der Waals surface area contributed by atoms with Gasteiger partial charge in [-0.05, 0) is 104 Å². The third kappa shape index (κ3) is 5.17. The van der Waals surface area contributed by atoms with E-state index in [0.717, 1.165) is 25.7 Å². The van der Waals surface area contributed by atoms with E-state index in [0.29, 0.717) is 31.6 Å². The van der Waals surface area contributed by atoms with Crippen molar-refractivity contribution in [2.75, 3.05) is 7.11 Å². The van der Waals surface area contributed by atoms with Gasteiger partial charge in [0.2, 0.25) is 0 Å². The van der Waals surface area contributed by atoms with Gasteiger partial charge in [-0.2, -0.15) is 5.06 Å². The van der Waals surface area contributed by atoms with Gasteiger partial charge in [-0.15, -0.1) is 0 Å². The van der Waals surface area contributed by atoms with E-state index in [1.807, 2.05) is 45.8 Å². The molecule has 0 unspecified atom stereocenters. The molecule has 0 radical (unpaired) electrons. The van der Waals surface area contributed by atoms with E-state index in [4.69, 9.17) is 4.84 Å². The van der Waals surface area contributed by atoms with Crippen molar-refractivity contribution in [1.29, 1.82) is 0 Å². The normalized spacial score (nSPS) is 26.2. The first-order valence-corrected chi connectivity index (χ1v) is 12.3. The maximum atomic E-state index is 15.4. The molecule has 1 aromatic rings. The van der Waals surface area contributed by atoms with Crippen molar-refractivity contribution < 1.29 is 22.4 Å². The van der Waals surface area contributed by atoms with Crippen LogP contribution in [0.25, 0.3) is 0 Å². The number of rotatable bonds is 6. The van der Waals surface area contributed by atoms with Crippen molar-refractivity contribution in [3.63, 3.8) is 0 Å². The van der Waals surface area contributed by atoms with Crippen LogP contribution < -0.4 is 0 Å². The highest BCUT2D eigenvalue weighted by molar-refractivity contribution is 5.35. The van der Waals surface area contributed by atoms with Crippen LogP contribution in [0.3, 0.4) is 0 Å². The van der Waals surface area contributed by atoms with E-state index >= 15 is 17.6 Å². The summed E-state index contributed by atoms with van der Waals surface area (Å²) in [5.74, 6) is -5.49. The van der Waals surface area contributed by atoms with E-state index in [9.17, 15) is 0 Å². The topological polar surface area (TPSA) is 12.5 Å². The predicted molar refractivity (Wildman–Crippen MR) is 124 cm³/mol. The summed E-state index contributed by atoms with van der Waals surface area (Å²) in [6, 6.07) is 0. The Labute approximate surface area is 196 Å². The summed E-state index contributed by atoms with van der Waals surface area (Å²) in [6.45, 7) is 9.64. The van der Waals surface area contributed by atoms with Gasteiger partial charge in [0.15, 0.2) is 23.3 Å². The van der Waals surface area contributed by atoms with Crippen LogP contribution in [0, 0.1) is 29.2 Å². The average Bonchev–Trinajstić information content (AvgIpc) is 2.72. The summed E-state index contributed by atoms with van der Waals surface area (Å²) in [4.78, 5) is 5.55. The van der Waals surface area contributed by atoms with Crippen LogP contribution in [0.4, 0.5) is 17.6 Å². The zero-order chi connectivity index (χ0) is 24.6. The molecular weight excluding hydrogens is 430 g/mol. The SMILES string of the molecule is C/C=C/CCC1CCC(c2c(F)c(F)c(C3CC(C)(C)N(OC)C(C)(C)C3)c(F)c2F)CC1. The van der Waals surface area contributed by atoms with Crippen molar-refractivity contribution in [3.05, 3.63) is 46.5 Å². The zero-order valence-corrected chi connectivity index (χ0v) is 20.9. The Bertz CT molecular complexity index is 824. The van der Waals surface area contributed by atoms with Gasteiger partial charge >= 0.3 is 0 Å². The van der Waals surface area contributed by atoms with Crippen molar-refractivity contribution in [2.45, 2.75) is 109 Å². The second-order valence-corrected chi connectivity index (χ2v) is 11.2. The van der Waals surface area contributed by atoms with Gasteiger partial charge < -0.3 is 4.84 Å². The lowest BCUT2D eigenvalue weighted by molar-refractivity contribution is -0.267. The number of nitrogens with zero attached hydrogens (tertiary/aromatic N) is 1. The first-order chi connectivity index (χ1) is 15.4. The van der Waals surface area contributed by atoms with Crippen molar-refractivity contribution >= 4 is 0 Å². The molecule has 33 heavy (non-hydrogen) atoms. The number of piperidine rings is 1. The van der Waals surface area contributed by atoms with E-state index in [1.54, 1.807) is 7.11 Å². The first-order valence-electron chi connectivity index (χ1n) is 12.3. The van der Waals surface area contributed by atoms with Crippen molar-refractivity contribution in [2.24, 2.45) is 5.92 Å². The molecule has 0 atom stereocenters. The fourth-order valence-electron chi connectivity index (χ4n) is 6.58. The number of benzene rings is 1. The van der Waals surface area contributed by atoms with Crippen molar-refractivity contribution in [3.8, 4) is 0 Å². The molecule has 6 heteroatoms. The predicted octanol–water partition coefficient (Wildman–Crippen LogP) is 8.17. The Morgan fingerprint density at radius 1 is 0.818 bits per heavy atom. The third-order valence-electron chi connectivity index (χ3n) is 7.75. The number of hydrogen-bond donors (Lipinski definition) is 0. The van der Waals surface area contributed by atoms with Gasteiger partial charge in [0.05, 0.1) is 7.11 Å². The second kappa shape index (κ2) is 10.1. The van der Waals surface area contributed by atoms with Gasteiger partial charge in [0.1, 0.15) is 0 Å². The highest BCUT2D eigenvalue weighted by atomic mass is 19.2. The number of hydrogen-bond acceptors (Lipinski definition) is 2. The summed E-state index contributed by atoms with van der Waals surface area (Å²) in [5, 5.41) is 1.81. The van der Waals surface area contributed by atoms with Crippen LogP contribution in [0.5, 0.6) is 0 Å². The Morgan fingerprint density at radius 3 is 1.70 bits per heavy atom. The van der Waals surface area contributed by atoms with Gasteiger partial charge in [-0.1, -0.05) is 12.2 Å². The highest BCUT2D eigenvalue weighted by Gasteiger charge is 2.48. The summed E-state index contributed by atoms with van der Waals surface area (Å²) in [6.07, 6.45) is 9.57. The second-order valence-electron chi connectivity index (χ2n) is 11.2. The molecule has 1 saturated heterocycles. The molecule has 1 aliphatic carbocycles. The molecule has 0 N–H and O–H groups in total. The van der Waals surface area contributed by atoms with Crippen molar-refractivity contribution in [1.82, 2.24) is 5.06 Å². The molecule has 186 valence electrons. The monoisotopic (exact) mass is 469 g/mol. The lowest BCUT2D eigenvalue weighted by Gasteiger charge is -2.53. The van der Waals surface area contributed by atoms with Crippen LogP contribution >= 0.6 is 0 Å². The summed E-state index contributed by atoms with van der Waals surface area (Å²) in [7, 11) is 1.56. The Hall–Kier alpha value is -1.40. The number of hydroxylamine groups is 2. The van der Waals surface area contributed by atoms with Gasteiger partial charge in [0.25, 0.3) is 0 Å². The standard InChI is InChI=1S/C27H39F4NO/c1-7-8-9-10-17-11-13-18(14-12-17)20-22(28)24(30)21(25(31)23(20)29)19-15-26(2,3)32(33-6)27(4,5)16-19/h7-8,17-19H,9-16H2,1-6H3/b8-7+. The Morgan fingerprint density at radius 2 is 1.27 bits per heavy atom. The largest absolute Gasteiger partial charge is 0.301 e. The number of halogens is 4. The smallest absolute Gasteiger partial charge is 0.165 e. The molecule has 1 saturated carbocycles. The van der Waals surface area contributed by atoms with Gasteiger partial charge in [0, 0.05) is 22.2 Å². The molecule has 3 rings (SSSR count). The molecule has 2 fully saturated rings. The minimum atomic E-state index is -1.22. The average molecular weight is 470 g/mol. The lowest BCUT2D eigenvalue weighted by Crippen LogP contribution is -2.59. The molecule has 0 aromatic heterocycles. The molecule has 0 bridgehead atoms. The summed E-state index contributed by atoms with van der Waals surface area (Å²) < 4.78 is 61.3. The summed E-state index contributed by atoms with van der Waals surface area (Å²) in [5.41, 5.74) is -1.96. The van der Waals surface area contributed by atoms with Crippen LogP contribution in [-0.2, 0) is 4.84 Å². The fourth-order valence-corrected chi connectivity index (χ4v) is 6.58. The quantitative estimate of drug-likeness (QED) is 0.237. The highest BCUT2D eigenvalue weighted by Crippen LogP contribution is 2.48. The molecule has 1 aliphatic heterocycles. The van der Waals surface area contributed by atoms with E-state index in [2.05, 4.69) is 6.08 Å². The molecule has 1 aromatic carbocycles. The lowest BCUT2D eigenvalue weighted by atomic mass is 9.71. The van der Waals surface area contributed by atoms with Crippen LogP contribution in [0.2, 0.25) is 0 Å². The van der Waals surface area contributed by atoms with Crippen LogP contribution in [0.1, 0.15) is 109 Å². The van der Waals surface area contributed by atoms with E-state index < -0.39 is 57.3 Å². The maximum absolute atomic E-state index is 15.4. The van der Waals surface area contributed by atoms with Gasteiger partial charge in [-0.3, -0.25) is 0 Å². The van der Waals surface area contributed by atoms with Crippen LogP contribution in [-0.4, -0.2) is 23.3 Å². The molecule has 1 heterocycles. The third-order valence-corrected chi connectivity index (χ3v) is 7.75. The molecule has 0 amide bonds. The van der Waals surface area contributed by atoms with Crippen LogP contribution in [0.15, 0.2) is 12.2 Å². The molecular formula is C27H39F4NO.